The number of amides is 1. The second-order valence-electron chi connectivity index (χ2n) is 8.63. The van der Waals surface area contributed by atoms with E-state index >= 15 is 0 Å². The van der Waals surface area contributed by atoms with Crippen LogP contribution in [0.3, 0.4) is 0 Å². The van der Waals surface area contributed by atoms with Gasteiger partial charge in [-0.2, -0.15) is 0 Å². The number of likely N-dealkylation sites (N-methyl/N-ethyl adjacent to an activating group) is 1. The number of aromatic nitrogens is 3. The third-order valence-corrected chi connectivity index (χ3v) is 6.94. The van der Waals surface area contributed by atoms with Crippen LogP contribution in [-0.2, 0) is 17.8 Å². The summed E-state index contributed by atoms with van der Waals surface area (Å²) in [7, 11) is 1.58. The van der Waals surface area contributed by atoms with E-state index in [0.717, 1.165) is 31.4 Å². The second kappa shape index (κ2) is 8.30. The van der Waals surface area contributed by atoms with Crippen LogP contribution in [0.2, 0.25) is 0 Å². The fourth-order valence-corrected chi connectivity index (χ4v) is 5.39. The van der Waals surface area contributed by atoms with Crippen LogP contribution in [0.1, 0.15) is 48.9 Å². The summed E-state index contributed by atoms with van der Waals surface area (Å²) in [4.78, 5) is 32.3. The average Bonchev–Trinajstić information content (AvgIpc) is 3.10. The highest BCUT2D eigenvalue weighted by atomic mass is 16.2. The van der Waals surface area contributed by atoms with Gasteiger partial charge in [-0.15, -0.1) is 0 Å². The predicted octanol–water partition coefficient (Wildman–Crippen LogP) is 2.66. The largest absolute Gasteiger partial charge is 0.358 e. The summed E-state index contributed by atoms with van der Waals surface area (Å²) in [6.07, 6.45) is 7.14. The van der Waals surface area contributed by atoms with Crippen LogP contribution in [0.5, 0.6) is 0 Å². The van der Waals surface area contributed by atoms with Gasteiger partial charge in [0, 0.05) is 38.4 Å². The van der Waals surface area contributed by atoms with E-state index in [1.807, 2.05) is 16.7 Å². The van der Waals surface area contributed by atoms with Crippen LogP contribution >= 0.6 is 0 Å². The van der Waals surface area contributed by atoms with Crippen LogP contribution in [-0.4, -0.2) is 45.1 Å². The Hall–Kier alpha value is -2.93. The van der Waals surface area contributed by atoms with Gasteiger partial charge in [-0.25, -0.2) is 9.78 Å². The minimum absolute atomic E-state index is 0.00640. The molecule has 3 heterocycles. The van der Waals surface area contributed by atoms with E-state index in [2.05, 4.69) is 39.5 Å². The first-order valence-electron chi connectivity index (χ1n) is 11.3. The summed E-state index contributed by atoms with van der Waals surface area (Å²) < 4.78 is 3.37. The van der Waals surface area contributed by atoms with Crippen LogP contribution < -0.4 is 11.0 Å². The fraction of sp³-hybridized carbons (Fsp3) is 0.458. The number of carbonyl (C=O) groups is 1. The molecule has 162 valence electrons. The van der Waals surface area contributed by atoms with Crippen molar-refractivity contribution in [2.24, 2.45) is 0 Å². The van der Waals surface area contributed by atoms with Gasteiger partial charge in [0.15, 0.2) is 5.65 Å². The maximum Gasteiger partial charge on any atom is 0.331 e. The third-order valence-electron chi connectivity index (χ3n) is 6.94. The van der Waals surface area contributed by atoms with Crippen LogP contribution in [0.25, 0.3) is 11.2 Å². The summed E-state index contributed by atoms with van der Waals surface area (Å²) in [5.41, 5.74) is 4.23. The molecule has 1 atom stereocenters. The molecule has 1 aliphatic carbocycles. The summed E-state index contributed by atoms with van der Waals surface area (Å²) in [6.45, 7) is 1.94. The molecule has 5 rings (SSSR count). The molecule has 3 aromatic rings. The summed E-state index contributed by atoms with van der Waals surface area (Å²) in [6, 6.07) is 13.2. The van der Waals surface area contributed by atoms with Crippen molar-refractivity contribution in [3.05, 3.63) is 64.2 Å². The van der Waals surface area contributed by atoms with Gasteiger partial charge in [0.1, 0.15) is 6.54 Å². The van der Waals surface area contributed by atoms with Gasteiger partial charge in [-0.3, -0.25) is 18.8 Å². The normalized spacial score (nSPS) is 20.0. The van der Waals surface area contributed by atoms with Gasteiger partial charge < -0.3 is 5.32 Å². The van der Waals surface area contributed by atoms with E-state index in [4.69, 9.17) is 0 Å². The molecular formula is C24H29N5O2. The lowest BCUT2D eigenvalue weighted by atomic mass is 9.86. The Bertz CT molecular complexity index is 1160. The Kier molecular flexibility index (Phi) is 5.36. The molecule has 31 heavy (non-hydrogen) atoms. The quantitative estimate of drug-likeness (QED) is 0.706. The Morgan fingerprint density at radius 2 is 1.94 bits per heavy atom. The molecule has 1 saturated heterocycles. The number of nitrogens with zero attached hydrogens (tertiary/aromatic N) is 4. The van der Waals surface area contributed by atoms with Crippen molar-refractivity contribution in [3.63, 3.8) is 0 Å². The Morgan fingerprint density at radius 3 is 2.74 bits per heavy atom. The summed E-state index contributed by atoms with van der Waals surface area (Å²) in [5.74, 6) is -0.197. The van der Waals surface area contributed by atoms with E-state index < -0.39 is 0 Å². The molecule has 0 radical (unpaired) electrons. The van der Waals surface area contributed by atoms with Crippen molar-refractivity contribution in [2.75, 3.05) is 20.1 Å². The molecule has 0 bridgehead atoms. The first-order valence-corrected chi connectivity index (χ1v) is 11.3. The zero-order chi connectivity index (χ0) is 21.4. The third kappa shape index (κ3) is 3.57. The predicted molar refractivity (Wildman–Crippen MR) is 120 cm³/mol. The molecule has 1 aromatic carbocycles. The molecule has 1 aliphatic heterocycles. The Labute approximate surface area is 181 Å². The number of pyridine rings is 1. The highest BCUT2D eigenvalue weighted by Gasteiger charge is 2.31. The SMILES string of the molecule is CNC(=O)Cn1c(=O)n(C2CCN([C@@H]3CCCc4ccccc43)CC2)c2cccnc21. The number of imidazole rings is 1. The molecule has 0 saturated carbocycles. The molecular weight excluding hydrogens is 390 g/mol. The lowest BCUT2D eigenvalue weighted by molar-refractivity contribution is -0.121. The molecule has 2 aliphatic rings. The lowest BCUT2D eigenvalue weighted by Gasteiger charge is -2.40. The lowest BCUT2D eigenvalue weighted by Crippen LogP contribution is -2.41. The van der Waals surface area contributed by atoms with Crippen molar-refractivity contribution in [2.45, 2.75) is 50.7 Å². The van der Waals surface area contributed by atoms with E-state index in [1.165, 1.54) is 35.0 Å². The van der Waals surface area contributed by atoms with E-state index in [-0.39, 0.29) is 24.2 Å². The number of hydrogen-bond acceptors (Lipinski definition) is 4. The molecule has 0 unspecified atom stereocenters. The number of nitrogens with one attached hydrogen (secondary N) is 1. The van der Waals surface area contributed by atoms with Gasteiger partial charge in [0.2, 0.25) is 5.91 Å². The molecule has 0 spiro atoms. The number of fused-ring (bicyclic) bond motifs is 2. The number of likely N-dealkylation sites (tertiary alicyclic amines) is 1. The van der Waals surface area contributed by atoms with E-state index in [1.54, 1.807) is 13.2 Å². The van der Waals surface area contributed by atoms with Crippen molar-refractivity contribution in [3.8, 4) is 0 Å². The first kappa shape index (κ1) is 20.0. The van der Waals surface area contributed by atoms with Gasteiger partial charge >= 0.3 is 5.69 Å². The molecule has 1 amide bonds. The van der Waals surface area contributed by atoms with E-state index in [9.17, 15) is 9.59 Å². The highest BCUT2D eigenvalue weighted by molar-refractivity contribution is 5.78. The average molecular weight is 420 g/mol. The first-order chi connectivity index (χ1) is 15.2. The van der Waals surface area contributed by atoms with Gasteiger partial charge in [0.25, 0.3) is 0 Å². The molecule has 2 aromatic heterocycles. The van der Waals surface area contributed by atoms with E-state index in [0.29, 0.717) is 11.7 Å². The molecule has 1 N–H and O–H groups in total. The second-order valence-corrected chi connectivity index (χ2v) is 8.63. The van der Waals surface area contributed by atoms with Crippen LogP contribution in [0.15, 0.2) is 47.4 Å². The zero-order valence-electron chi connectivity index (χ0n) is 18.0. The molecule has 7 nitrogen and oxygen atoms in total. The molecule has 7 heteroatoms. The summed E-state index contributed by atoms with van der Waals surface area (Å²) >= 11 is 0. The summed E-state index contributed by atoms with van der Waals surface area (Å²) in [5, 5.41) is 2.60. The van der Waals surface area contributed by atoms with Crippen LogP contribution in [0.4, 0.5) is 0 Å². The number of piperidine rings is 1. The van der Waals surface area contributed by atoms with Crippen molar-refractivity contribution < 1.29 is 4.79 Å². The Morgan fingerprint density at radius 1 is 1.13 bits per heavy atom. The van der Waals surface area contributed by atoms with Crippen molar-refractivity contribution in [1.82, 2.24) is 24.3 Å². The zero-order valence-corrected chi connectivity index (χ0v) is 18.0. The number of carbonyl (C=O) groups excluding carboxylic acids is 1. The minimum atomic E-state index is -0.197. The number of benzene rings is 1. The Balaban J connectivity index is 1.40. The fourth-order valence-electron chi connectivity index (χ4n) is 5.39. The van der Waals surface area contributed by atoms with Crippen LogP contribution in [0, 0.1) is 0 Å². The smallest absolute Gasteiger partial charge is 0.331 e. The topological polar surface area (TPSA) is 72.2 Å². The minimum Gasteiger partial charge on any atom is -0.358 e. The monoisotopic (exact) mass is 419 g/mol. The maximum atomic E-state index is 13.3. The standard InChI is InChI=1S/C24H29N5O2/c1-25-22(30)16-28-23-21(10-5-13-26-23)29(24(28)31)18-11-14-27(15-12-18)20-9-4-7-17-6-2-3-8-19(17)20/h2-3,5-6,8,10,13,18,20H,4,7,9,11-12,14-16H2,1H3,(H,25,30)/t20-/m1/s1. The van der Waals surface area contributed by atoms with Crippen molar-refractivity contribution in [1.29, 1.82) is 0 Å². The molecule has 1 fully saturated rings. The highest BCUT2D eigenvalue weighted by Crippen LogP contribution is 2.37. The maximum absolute atomic E-state index is 13.3. The number of rotatable bonds is 4. The van der Waals surface area contributed by atoms with Gasteiger partial charge in [-0.05, 0) is 55.4 Å². The van der Waals surface area contributed by atoms with Crippen molar-refractivity contribution >= 4 is 17.1 Å². The van der Waals surface area contributed by atoms with Gasteiger partial charge in [-0.1, -0.05) is 24.3 Å². The number of aryl methyl sites for hydroxylation is 1. The number of hydrogen-bond donors (Lipinski definition) is 1. The van der Waals surface area contributed by atoms with Gasteiger partial charge in [0.05, 0.1) is 5.52 Å².